The summed E-state index contributed by atoms with van der Waals surface area (Å²) in [4.78, 5) is 0. The van der Waals surface area contributed by atoms with Crippen LogP contribution in [0, 0.1) is 0 Å². The topological polar surface area (TPSA) is 30.5 Å². The standard InChI is InChI=1S/C16H23NO2/c1-3-6-13-7-4-5-8-16(13)19-15(12-18-2)11-17-14-9-10-14/h3-8,14-15,17H,9-12H2,1-2H3/b6-3+. The van der Waals surface area contributed by atoms with Crippen LogP contribution in [0.15, 0.2) is 30.3 Å². The molecule has 1 N–H and O–H groups in total. The molecule has 0 aromatic heterocycles. The second-order valence-corrected chi connectivity index (χ2v) is 4.92. The van der Waals surface area contributed by atoms with Gasteiger partial charge in [0.1, 0.15) is 11.9 Å². The number of ether oxygens (including phenoxy) is 2. The molecule has 1 aromatic carbocycles. The number of hydrogen-bond donors (Lipinski definition) is 1. The molecule has 1 fully saturated rings. The predicted molar refractivity (Wildman–Crippen MR) is 78.5 cm³/mol. The Bertz CT molecular complexity index is 413. The summed E-state index contributed by atoms with van der Waals surface area (Å²) < 4.78 is 11.3. The van der Waals surface area contributed by atoms with E-state index >= 15 is 0 Å². The van der Waals surface area contributed by atoms with E-state index in [9.17, 15) is 0 Å². The van der Waals surface area contributed by atoms with Crippen LogP contribution in [-0.4, -0.2) is 32.4 Å². The fourth-order valence-electron chi connectivity index (χ4n) is 1.99. The Kier molecular flexibility index (Phi) is 5.43. The van der Waals surface area contributed by atoms with Crippen LogP contribution in [0.4, 0.5) is 0 Å². The molecule has 3 heteroatoms. The predicted octanol–water partition coefficient (Wildman–Crippen LogP) is 2.87. The number of hydrogen-bond acceptors (Lipinski definition) is 3. The maximum Gasteiger partial charge on any atom is 0.134 e. The van der Waals surface area contributed by atoms with Crippen LogP contribution < -0.4 is 10.1 Å². The number of methoxy groups -OCH3 is 1. The summed E-state index contributed by atoms with van der Waals surface area (Å²) in [6.45, 7) is 3.45. The van der Waals surface area contributed by atoms with Crippen molar-refractivity contribution in [3.8, 4) is 5.75 Å². The smallest absolute Gasteiger partial charge is 0.134 e. The van der Waals surface area contributed by atoms with Gasteiger partial charge in [0, 0.05) is 25.3 Å². The van der Waals surface area contributed by atoms with Crippen molar-refractivity contribution in [2.45, 2.75) is 31.9 Å². The molecule has 19 heavy (non-hydrogen) atoms. The molecule has 1 aromatic rings. The number of benzene rings is 1. The van der Waals surface area contributed by atoms with Crippen molar-refractivity contribution in [1.29, 1.82) is 0 Å². The number of allylic oxidation sites excluding steroid dienone is 1. The van der Waals surface area contributed by atoms with Gasteiger partial charge in [0.15, 0.2) is 0 Å². The third kappa shape index (κ3) is 4.69. The monoisotopic (exact) mass is 261 g/mol. The van der Waals surface area contributed by atoms with E-state index in [1.807, 2.05) is 31.2 Å². The van der Waals surface area contributed by atoms with Crippen molar-refractivity contribution in [1.82, 2.24) is 5.32 Å². The molecule has 1 unspecified atom stereocenters. The first-order chi connectivity index (χ1) is 9.33. The van der Waals surface area contributed by atoms with Crippen LogP contribution in [0.1, 0.15) is 25.3 Å². The lowest BCUT2D eigenvalue weighted by atomic mass is 10.2. The van der Waals surface area contributed by atoms with Gasteiger partial charge in [-0.3, -0.25) is 0 Å². The van der Waals surface area contributed by atoms with Gasteiger partial charge in [-0.1, -0.05) is 30.4 Å². The Hall–Kier alpha value is -1.32. The zero-order valence-electron chi connectivity index (χ0n) is 11.8. The van der Waals surface area contributed by atoms with Crippen LogP contribution in [0.25, 0.3) is 6.08 Å². The van der Waals surface area contributed by atoms with Crippen LogP contribution >= 0.6 is 0 Å². The molecule has 0 spiro atoms. The van der Waals surface area contributed by atoms with E-state index in [-0.39, 0.29) is 6.10 Å². The van der Waals surface area contributed by atoms with E-state index in [0.29, 0.717) is 12.6 Å². The number of para-hydroxylation sites is 1. The van der Waals surface area contributed by atoms with E-state index in [1.165, 1.54) is 12.8 Å². The van der Waals surface area contributed by atoms with Gasteiger partial charge in [0.25, 0.3) is 0 Å². The molecule has 0 bridgehead atoms. The van der Waals surface area contributed by atoms with Gasteiger partial charge in [-0.15, -0.1) is 0 Å². The average Bonchev–Trinajstić information content (AvgIpc) is 3.23. The molecule has 104 valence electrons. The van der Waals surface area contributed by atoms with E-state index < -0.39 is 0 Å². The summed E-state index contributed by atoms with van der Waals surface area (Å²) in [6.07, 6.45) is 6.71. The molecule has 0 saturated heterocycles. The van der Waals surface area contributed by atoms with Crippen molar-refractivity contribution in [2.75, 3.05) is 20.3 Å². The minimum Gasteiger partial charge on any atom is -0.486 e. The largest absolute Gasteiger partial charge is 0.486 e. The minimum atomic E-state index is 0.0528. The van der Waals surface area contributed by atoms with Gasteiger partial charge >= 0.3 is 0 Å². The second-order valence-electron chi connectivity index (χ2n) is 4.92. The van der Waals surface area contributed by atoms with E-state index in [4.69, 9.17) is 9.47 Å². The van der Waals surface area contributed by atoms with Crippen LogP contribution in [-0.2, 0) is 4.74 Å². The Labute approximate surface area is 115 Å². The third-order valence-electron chi connectivity index (χ3n) is 3.12. The molecule has 2 rings (SSSR count). The highest BCUT2D eigenvalue weighted by Crippen LogP contribution is 2.22. The quantitative estimate of drug-likeness (QED) is 0.780. The second kappa shape index (κ2) is 7.31. The zero-order chi connectivity index (χ0) is 13.5. The lowest BCUT2D eigenvalue weighted by Crippen LogP contribution is -2.36. The minimum absolute atomic E-state index is 0.0528. The first kappa shape index (κ1) is 14.1. The summed E-state index contributed by atoms with van der Waals surface area (Å²) in [5, 5.41) is 3.49. The SMILES string of the molecule is C/C=C/c1ccccc1OC(CNC1CC1)COC. The van der Waals surface area contributed by atoms with Gasteiger partial charge in [-0.25, -0.2) is 0 Å². The maximum atomic E-state index is 6.08. The molecule has 0 heterocycles. The van der Waals surface area contributed by atoms with Gasteiger partial charge < -0.3 is 14.8 Å². The maximum absolute atomic E-state index is 6.08. The molecule has 1 saturated carbocycles. The summed E-state index contributed by atoms with van der Waals surface area (Å²) in [5.74, 6) is 0.917. The highest BCUT2D eigenvalue weighted by Gasteiger charge is 2.22. The molecule has 0 amide bonds. The van der Waals surface area contributed by atoms with Crippen molar-refractivity contribution in [3.05, 3.63) is 35.9 Å². The Morgan fingerprint density at radius 2 is 2.16 bits per heavy atom. The van der Waals surface area contributed by atoms with Crippen molar-refractivity contribution in [3.63, 3.8) is 0 Å². The first-order valence-electron chi connectivity index (χ1n) is 6.94. The summed E-state index contributed by atoms with van der Waals surface area (Å²) in [6, 6.07) is 8.78. The van der Waals surface area contributed by atoms with E-state index in [2.05, 4.69) is 17.5 Å². The molecule has 0 radical (unpaired) electrons. The summed E-state index contributed by atoms with van der Waals surface area (Å²) in [7, 11) is 1.71. The third-order valence-corrected chi connectivity index (χ3v) is 3.12. The lowest BCUT2D eigenvalue weighted by Gasteiger charge is -2.20. The number of nitrogens with one attached hydrogen (secondary N) is 1. The van der Waals surface area contributed by atoms with Crippen molar-refractivity contribution < 1.29 is 9.47 Å². The molecular formula is C16H23NO2. The average molecular weight is 261 g/mol. The Morgan fingerprint density at radius 1 is 1.37 bits per heavy atom. The molecule has 1 aliphatic rings. The number of rotatable bonds is 8. The highest BCUT2D eigenvalue weighted by molar-refractivity contribution is 5.56. The Morgan fingerprint density at radius 3 is 2.84 bits per heavy atom. The normalized spacial score (nSPS) is 16.7. The molecule has 1 atom stereocenters. The lowest BCUT2D eigenvalue weighted by molar-refractivity contribution is 0.0802. The summed E-state index contributed by atoms with van der Waals surface area (Å²) >= 11 is 0. The highest BCUT2D eigenvalue weighted by atomic mass is 16.5. The van der Waals surface area contributed by atoms with E-state index in [1.54, 1.807) is 7.11 Å². The van der Waals surface area contributed by atoms with Crippen LogP contribution in [0.2, 0.25) is 0 Å². The van der Waals surface area contributed by atoms with Gasteiger partial charge in [0.05, 0.1) is 6.61 Å². The van der Waals surface area contributed by atoms with Crippen LogP contribution in [0.5, 0.6) is 5.75 Å². The van der Waals surface area contributed by atoms with Crippen molar-refractivity contribution >= 4 is 6.08 Å². The molecule has 0 aliphatic heterocycles. The molecule has 3 nitrogen and oxygen atoms in total. The zero-order valence-corrected chi connectivity index (χ0v) is 11.8. The van der Waals surface area contributed by atoms with Gasteiger partial charge in [0.2, 0.25) is 0 Å². The molecular weight excluding hydrogens is 238 g/mol. The fourth-order valence-corrected chi connectivity index (χ4v) is 1.99. The van der Waals surface area contributed by atoms with Crippen LogP contribution in [0.3, 0.4) is 0 Å². The van der Waals surface area contributed by atoms with E-state index in [0.717, 1.165) is 17.9 Å². The first-order valence-corrected chi connectivity index (χ1v) is 6.94. The fraction of sp³-hybridized carbons (Fsp3) is 0.500. The van der Waals surface area contributed by atoms with Gasteiger partial charge in [-0.2, -0.15) is 0 Å². The van der Waals surface area contributed by atoms with Crippen molar-refractivity contribution in [2.24, 2.45) is 0 Å². The van der Waals surface area contributed by atoms with Gasteiger partial charge in [-0.05, 0) is 25.8 Å². The Balaban J connectivity index is 1.97. The molecule has 1 aliphatic carbocycles. The summed E-state index contributed by atoms with van der Waals surface area (Å²) in [5.41, 5.74) is 1.11.